The van der Waals surface area contributed by atoms with E-state index >= 15 is 0 Å². The summed E-state index contributed by atoms with van der Waals surface area (Å²) in [6.45, 7) is 2.49. The van der Waals surface area contributed by atoms with Gasteiger partial charge < -0.3 is 15.9 Å². The zero-order valence-electron chi connectivity index (χ0n) is 11.0. The molecule has 0 amide bonds. The molecule has 19 heavy (non-hydrogen) atoms. The molecule has 0 aliphatic rings. The first kappa shape index (κ1) is 13.4. The quantitative estimate of drug-likeness (QED) is 0.769. The SMILES string of the molecule is CCCC(N)Cn1c(-c2ccccc2)nc(O)c1O. The number of benzene rings is 1. The van der Waals surface area contributed by atoms with E-state index in [0.717, 1.165) is 18.4 Å². The minimum absolute atomic E-state index is 0.0769. The number of nitrogens with zero attached hydrogens (tertiary/aromatic N) is 2. The van der Waals surface area contributed by atoms with Gasteiger partial charge in [0.05, 0.1) is 0 Å². The van der Waals surface area contributed by atoms with E-state index in [1.807, 2.05) is 30.3 Å². The van der Waals surface area contributed by atoms with Crippen LogP contribution < -0.4 is 5.73 Å². The van der Waals surface area contributed by atoms with Gasteiger partial charge in [-0.25, -0.2) is 0 Å². The van der Waals surface area contributed by atoms with Gasteiger partial charge in [0.1, 0.15) is 5.82 Å². The third kappa shape index (κ3) is 2.88. The molecule has 1 unspecified atom stereocenters. The van der Waals surface area contributed by atoms with Crippen LogP contribution in [0, 0.1) is 0 Å². The van der Waals surface area contributed by atoms with Gasteiger partial charge in [-0.05, 0) is 6.42 Å². The molecule has 0 spiro atoms. The van der Waals surface area contributed by atoms with Crippen LogP contribution in [0.15, 0.2) is 30.3 Å². The number of aromatic nitrogens is 2. The second-order valence-corrected chi connectivity index (χ2v) is 4.61. The Morgan fingerprint density at radius 2 is 1.95 bits per heavy atom. The van der Waals surface area contributed by atoms with Gasteiger partial charge >= 0.3 is 0 Å². The van der Waals surface area contributed by atoms with Crippen LogP contribution in [0.25, 0.3) is 11.4 Å². The van der Waals surface area contributed by atoms with Crippen molar-refractivity contribution in [3.63, 3.8) is 0 Å². The number of rotatable bonds is 5. The van der Waals surface area contributed by atoms with Crippen molar-refractivity contribution in [2.75, 3.05) is 0 Å². The Balaban J connectivity index is 2.37. The first-order valence-corrected chi connectivity index (χ1v) is 6.43. The minimum Gasteiger partial charge on any atom is -0.491 e. The second kappa shape index (κ2) is 5.75. The van der Waals surface area contributed by atoms with Crippen LogP contribution >= 0.6 is 0 Å². The molecule has 0 fully saturated rings. The van der Waals surface area contributed by atoms with E-state index in [9.17, 15) is 10.2 Å². The van der Waals surface area contributed by atoms with Crippen molar-refractivity contribution in [2.45, 2.75) is 32.4 Å². The molecule has 0 radical (unpaired) electrons. The van der Waals surface area contributed by atoms with Crippen molar-refractivity contribution in [1.82, 2.24) is 9.55 Å². The number of nitrogens with two attached hydrogens (primary N) is 1. The lowest BCUT2D eigenvalue weighted by molar-refractivity contribution is 0.358. The fourth-order valence-corrected chi connectivity index (χ4v) is 2.11. The molecular formula is C14H19N3O2. The summed E-state index contributed by atoms with van der Waals surface area (Å²) >= 11 is 0. The molecule has 0 aliphatic heterocycles. The van der Waals surface area contributed by atoms with Crippen LogP contribution in [-0.4, -0.2) is 25.8 Å². The molecule has 0 saturated heterocycles. The molecular weight excluding hydrogens is 242 g/mol. The Morgan fingerprint density at radius 3 is 2.58 bits per heavy atom. The van der Waals surface area contributed by atoms with Crippen LogP contribution in [0.1, 0.15) is 19.8 Å². The fraction of sp³-hybridized carbons (Fsp3) is 0.357. The lowest BCUT2D eigenvalue weighted by Gasteiger charge is -2.14. The molecule has 1 atom stereocenters. The maximum absolute atomic E-state index is 9.89. The van der Waals surface area contributed by atoms with Gasteiger partial charge in [0, 0.05) is 18.2 Å². The highest BCUT2D eigenvalue weighted by Gasteiger charge is 2.18. The van der Waals surface area contributed by atoms with Crippen molar-refractivity contribution in [2.24, 2.45) is 5.73 Å². The average Bonchev–Trinajstić information content (AvgIpc) is 2.68. The molecule has 5 nitrogen and oxygen atoms in total. The summed E-state index contributed by atoms with van der Waals surface area (Å²) in [5.41, 5.74) is 6.83. The Hall–Kier alpha value is -2.01. The first-order chi connectivity index (χ1) is 9.13. The summed E-state index contributed by atoms with van der Waals surface area (Å²) < 4.78 is 1.56. The Kier molecular flexibility index (Phi) is 4.06. The smallest absolute Gasteiger partial charge is 0.275 e. The van der Waals surface area contributed by atoms with Crippen LogP contribution in [0.2, 0.25) is 0 Å². The Labute approximate surface area is 112 Å². The Morgan fingerprint density at radius 1 is 1.26 bits per heavy atom. The molecule has 0 saturated carbocycles. The van der Waals surface area contributed by atoms with E-state index in [0.29, 0.717) is 12.4 Å². The van der Waals surface area contributed by atoms with E-state index in [4.69, 9.17) is 5.73 Å². The summed E-state index contributed by atoms with van der Waals surface area (Å²) in [7, 11) is 0. The standard InChI is InChI=1S/C14H19N3O2/c1-2-6-11(15)9-17-12(16-13(18)14(17)19)10-7-4-3-5-8-10/h3-5,7-8,11,18-19H,2,6,9,15H2,1H3. The maximum Gasteiger partial charge on any atom is 0.275 e. The van der Waals surface area contributed by atoms with E-state index in [-0.39, 0.29) is 17.8 Å². The highest BCUT2D eigenvalue weighted by Crippen LogP contribution is 2.31. The van der Waals surface area contributed by atoms with Crippen LogP contribution in [-0.2, 0) is 6.54 Å². The second-order valence-electron chi connectivity index (χ2n) is 4.61. The van der Waals surface area contributed by atoms with E-state index in [2.05, 4.69) is 11.9 Å². The van der Waals surface area contributed by atoms with Crippen molar-refractivity contribution < 1.29 is 10.2 Å². The minimum atomic E-state index is -0.359. The molecule has 0 bridgehead atoms. The summed E-state index contributed by atoms with van der Waals surface area (Å²) in [4.78, 5) is 4.01. The molecule has 1 aromatic carbocycles. The zero-order chi connectivity index (χ0) is 13.8. The molecule has 5 heteroatoms. The highest BCUT2D eigenvalue weighted by atomic mass is 16.3. The van der Waals surface area contributed by atoms with Gasteiger partial charge in [-0.3, -0.25) is 4.57 Å². The van der Waals surface area contributed by atoms with E-state index in [1.165, 1.54) is 0 Å². The molecule has 0 aliphatic carbocycles. The molecule has 4 N–H and O–H groups in total. The third-order valence-corrected chi connectivity index (χ3v) is 3.03. The number of hydrogen-bond acceptors (Lipinski definition) is 4. The van der Waals surface area contributed by atoms with Gasteiger partial charge in [-0.15, -0.1) is 0 Å². The van der Waals surface area contributed by atoms with Crippen molar-refractivity contribution >= 4 is 0 Å². The van der Waals surface area contributed by atoms with Crippen LogP contribution in [0.5, 0.6) is 11.8 Å². The van der Waals surface area contributed by atoms with E-state index in [1.54, 1.807) is 4.57 Å². The molecule has 2 aromatic rings. The number of hydrogen-bond donors (Lipinski definition) is 3. The van der Waals surface area contributed by atoms with Crippen molar-refractivity contribution in [1.29, 1.82) is 0 Å². The van der Waals surface area contributed by atoms with Gasteiger partial charge in [0.25, 0.3) is 11.8 Å². The Bertz CT molecular complexity index is 537. The van der Waals surface area contributed by atoms with Gasteiger partial charge in [-0.1, -0.05) is 43.7 Å². The highest BCUT2D eigenvalue weighted by molar-refractivity contribution is 5.58. The largest absolute Gasteiger partial charge is 0.491 e. The monoisotopic (exact) mass is 261 g/mol. The molecule has 1 aromatic heterocycles. The van der Waals surface area contributed by atoms with Gasteiger partial charge in [-0.2, -0.15) is 4.98 Å². The predicted molar refractivity (Wildman–Crippen MR) is 73.9 cm³/mol. The fourth-order valence-electron chi connectivity index (χ4n) is 2.11. The molecule has 1 heterocycles. The normalized spacial score (nSPS) is 12.5. The summed E-state index contributed by atoms with van der Waals surface area (Å²) in [6.07, 6.45) is 1.83. The number of aromatic hydroxyl groups is 2. The maximum atomic E-state index is 9.89. The zero-order valence-corrected chi connectivity index (χ0v) is 11.0. The molecule has 102 valence electrons. The molecule has 2 rings (SSSR count). The van der Waals surface area contributed by atoms with Crippen LogP contribution in [0.4, 0.5) is 0 Å². The first-order valence-electron chi connectivity index (χ1n) is 6.43. The van der Waals surface area contributed by atoms with E-state index < -0.39 is 0 Å². The number of imidazole rings is 1. The van der Waals surface area contributed by atoms with Crippen molar-refractivity contribution in [3.8, 4) is 23.1 Å². The summed E-state index contributed by atoms with van der Waals surface area (Å²) in [5.74, 6) is -0.0601. The summed E-state index contributed by atoms with van der Waals surface area (Å²) in [6, 6.07) is 9.35. The third-order valence-electron chi connectivity index (χ3n) is 3.03. The van der Waals surface area contributed by atoms with Gasteiger partial charge in [0.2, 0.25) is 0 Å². The van der Waals surface area contributed by atoms with Gasteiger partial charge in [0.15, 0.2) is 0 Å². The van der Waals surface area contributed by atoms with Crippen LogP contribution in [0.3, 0.4) is 0 Å². The predicted octanol–water partition coefficient (Wildman–Crippen LogP) is 2.09. The lowest BCUT2D eigenvalue weighted by Crippen LogP contribution is -2.26. The lowest BCUT2D eigenvalue weighted by atomic mass is 10.1. The summed E-state index contributed by atoms with van der Waals surface area (Å²) in [5, 5.41) is 19.5. The topological polar surface area (TPSA) is 84.3 Å². The average molecular weight is 261 g/mol. The van der Waals surface area contributed by atoms with Crippen molar-refractivity contribution in [3.05, 3.63) is 30.3 Å².